The zero-order valence-electron chi connectivity index (χ0n) is 17.6. The highest BCUT2D eigenvalue weighted by Crippen LogP contribution is 2.33. The van der Waals surface area contributed by atoms with Crippen molar-refractivity contribution in [1.82, 2.24) is 19.8 Å². The summed E-state index contributed by atoms with van der Waals surface area (Å²) in [5.41, 5.74) is 7.95. The molecule has 1 aromatic carbocycles. The smallest absolute Gasteiger partial charge is 0.234 e. The lowest BCUT2D eigenvalue weighted by atomic mass is 10.1. The summed E-state index contributed by atoms with van der Waals surface area (Å²) in [4.78, 5) is 29.2. The predicted molar refractivity (Wildman–Crippen MR) is 125 cm³/mol. The molecule has 0 spiro atoms. The van der Waals surface area contributed by atoms with Crippen LogP contribution < -0.4 is 10.6 Å². The van der Waals surface area contributed by atoms with E-state index in [9.17, 15) is 4.79 Å². The Bertz CT molecular complexity index is 1050. The SMILES string of the molecule is NC(=O)C1CCCN1CCN1CCN(c2ncc3c(-c4ccccc4)csc3n2)CC1. The van der Waals surface area contributed by atoms with Crippen LogP contribution in [-0.4, -0.2) is 77.5 Å². The molecule has 8 heteroatoms. The van der Waals surface area contributed by atoms with Crippen LogP contribution in [0.2, 0.25) is 0 Å². The minimum atomic E-state index is -0.182. The number of amides is 1. The highest BCUT2D eigenvalue weighted by Gasteiger charge is 2.29. The fourth-order valence-electron chi connectivity index (χ4n) is 4.66. The first-order valence-corrected chi connectivity index (χ1v) is 11.9. The fraction of sp³-hybridized carbons (Fsp3) is 0.435. The summed E-state index contributed by atoms with van der Waals surface area (Å²) in [6.45, 7) is 6.67. The summed E-state index contributed by atoms with van der Waals surface area (Å²) in [5, 5.41) is 3.29. The maximum atomic E-state index is 11.6. The van der Waals surface area contributed by atoms with Gasteiger partial charge in [-0.05, 0) is 24.9 Å². The van der Waals surface area contributed by atoms with E-state index in [1.807, 2.05) is 12.3 Å². The van der Waals surface area contributed by atoms with Gasteiger partial charge in [0.15, 0.2) is 0 Å². The molecule has 162 valence electrons. The van der Waals surface area contributed by atoms with Crippen molar-refractivity contribution >= 4 is 33.4 Å². The number of benzene rings is 1. The van der Waals surface area contributed by atoms with Gasteiger partial charge < -0.3 is 10.6 Å². The maximum absolute atomic E-state index is 11.6. The zero-order chi connectivity index (χ0) is 21.2. The van der Waals surface area contributed by atoms with Crippen LogP contribution >= 0.6 is 11.3 Å². The monoisotopic (exact) mass is 436 g/mol. The molecule has 2 N–H and O–H groups in total. The highest BCUT2D eigenvalue weighted by molar-refractivity contribution is 7.17. The molecule has 2 saturated heterocycles. The van der Waals surface area contributed by atoms with Gasteiger partial charge in [0.1, 0.15) is 4.83 Å². The molecule has 4 heterocycles. The van der Waals surface area contributed by atoms with Crippen molar-refractivity contribution in [2.24, 2.45) is 5.73 Å². The van der Waals surface area contributed by atoms with Crippen molar-refractivity contribution in [3.63, 3.8) is 0 Å². The van der Waals surface area contributed by atoms with Crippen LogP contribution in [-0.2, 0) is 4.79 Å². The molecule has 31 heavy (non-hydrogen) atoms. The lowest BCUT2D eigenvalue weighted by Gasteiger charge is -2.35. The molecule has 7 nitrogen and oxygen atoms in total. The second-order valence-electron chi connectivity index (χ2n) is 8.33. The van der Waals surface area contributed by atoms with E-state index in [1.165, 1.54) is 11.1 Å². The minimum Gasteiger partial charge on any atom is -0.368 e. The average molecular weight is 437 g/mol. The molecule has 0 saturated carbocycles. The van der Waals surface area contributed by atoms with E-state index in [0.717, 1.165) is 74.8 Å². The summed E-state index contributed by atoms with van der Waals surface area (Å²) < 4.78 is 0. The van der Waals surface area contributed by atoms with Gasteiger partial charge in [-0.1, -0.05) is 30.3 Å². The molecule has 2 aliphatic rings. The van der Waals surface area contributed by atoms with Gasteiger partial charge in [-0.15, -0.1) is 11.3 Å². The number of aromatic nitrogens is 2. The second kappa shape index (κ2) is 8.90. The van der Waals surface area contributed by atoms with Crippen LogP contribution in [0.15, 0.2) is 41.9 Å². The second-order valence-corrected chi connectivity index (χ2v) is 9.19. The number of anilines is 1. The highest BCUT2D eigenvalue weighted by atomic mass is 32.1. The molecular weight excluding hydrogens is 408 g/mol. The summed E-state index contributed by atoms with van der Waals surface area (Å²) in [6.07, 6.45) is 3.94. The minimum absolute atomic E-state index is 0.0759. The largest absolute Gasteiger partial charge is 0.368 e. The average Bonchev–Trinajstić information content (AvgIpc) is 3.45. The molecular formula is C23H28N6OS. The van der Waals surface area contributed by atoms with Crippen molar-refractivity contribution in [3.8, 4) is 11.1 Å². The molecule has 2 aliphatic heterocycles. The summed E-state index contributed by atoms with van der Waals surface area (Å²) in [7, 11) is 0. The van der Waals surface area contributed by atoms with Crippen LogP contribution in [0.4, 0.5) is 5.95 Å². The number of likely N-dealkylation sites (tertiary alicyclic amines) is 1. The molecule has 5 rings (SSSR count). The summed E-state index contributed by atoms with van der Waals surface area (Å²) in [6, 6.07) is 10.3. The van der Waals surface area contributed by atoms with E-state index in [0.29, 0.717) is 0 Å². The normalized spacial score (nSPS) is 20.5. The molecule has 1 amide bonds. The van der Waals surface area contributed by atoms with Gasteiger partial charge in [0, 0.05) is 61.8 Å². The number of fused-ring (bicyclic) bond motifs is 1. The quantitative estimate of drug-likeness (QED) is 0.639. The summed E-state index contributed by atoms with van der Waals surface area (Å²) >= 11 is 1.68. The lowest BCUT2D eigenvalue weighted by molar-refractivity contribution is -0.122. The van der Waals surface area contributed by atoms with Crippen molar-refractivity contribution < 1.29 is 4.79 Å². The first-order valence-electron chi connectivity index (χ1n) is 11.0. The summed E-state index contributed by atoms with van der Waals surface area (Å²) in [5.74, 6) is 0.640. The molecule has 1 unspecified atom stereocenters. The standard InChI is InChI=1S/C23H28N6OS/c24-21(30)20-7-4-8-28(20)12-9-27-10-13-29(14-11-27)23-25-15-18-19(16-31-22(18)26-23)17-5-2-1-3-6-17/h1-3,5-6,15-16,20H,4,7-14H2,(H2,24,30). The maximum Gasteiger partial charge on any atom is 0.234 e. The van der Waals surface area contributed by atoms with Crippen LogP contribution in [0, 0.1) is 0 Å². The van der Waals surface area contributed by atoms with Crippen LogP contribution in [0.5, 0.6) is 0 Å². The van der Waals surface area contributed by atoms with E-state index in [1.54, 1.807) is 11.3 Å². The third-order valence-corrected chi connectivity index (χ3v) is 7.34. The Morgan fingerprint density at radius 3 is 2.68 bits per heavy atom. The molecule has 2 aromatic heterocycles. The van der Waals surface area contributed by atoms with Gasteiger partial charge in [-0.3, -0.25) is 14.6 Å². The third kappa shape index (κ3) is 4.28. The van der Waals surface area contributed by atoms with Crippen LogP contribution in [0.1, 0.15) is 12.8 Å². The fourth-order valence-corrected chi connectivity index (χ4v) is 5.58. The number of carbonyl (C=O) groups is 1. The first-order chi connectivity index (χ1) is 15.2. The molecule has 0 radical (unpaired) electrons. The molecule has 1 atom stereocenters. The van der Waals surface area contributed by atoms with Gasteiger partial charge in [0.25, 0.3) is 0 Å². The van der Waals surface area contributed by atoms with Gasteiger partial charge in [0.05, 0.1) is 6.04 Å². The van der Waals surface area contributed by atoms with Gasteiger partial charge >= 0.3 is 0 Å². The van der Waals surface area contributed by atoms with Crippen molar-refractivity contribution in [2.75, 3.05) is 50.7 Å². The van der Waals surface area contributed by atoms with Crippen molar-refractivity contribution in [3.05, 3.63) is 41.9 Å². The van der Waals surface area contributed by atoms with Crippen molar-refractivity contribution in [1.29, 1.82) is 0 Å². The number of primary amides is 1. The third-order valence-electron chi connectivity index (χ3n) is 6.46. The zero-order valence-corrected chi connectivity index (χ0v) is 18.4. The van der Waals surface area contributed by atoms with E-state index in [-0.39, 0.29) is 11.9 Å². The number of nitrogens with zero attached hydrogens (tertiary/aromatic N) is 5. The molecule has 0 aliphatic carbocycles. The van der Waals surface area contributed by atoms with E-state index in [2.05, 4.69) is 44.3 Å². The Morgan fingerprint density at radius 2 is 1.90 bits per heavy atom. The van der Waals surface area contributed by atoms with Gasteiger partial charge in [-0.25, -0.2) is 9.97 Å². The number of rotatable bonds is 6. The lowest BCUT2D eigenvalue weighted by Crippen LogP contribution is -2.50. The number of hydrogen-bond donors (Lipinski definition) is 1. The Labute approximate surface area is 186 Å². The van der Waals surface area contributed by atoms with Crippen LogP contribution in [0.25, 0.3) is 21.3 Å². The van der Waals surface area contributed by atoms with E-state index < -0.39 is 0 Å². The van der Waals surface area contributed by atoms with Crippen molar-refractivity contribution in [2.45, 2.75) is 18.9 Å². The number of hydrogen-bond acceptors (Lipinski definition) is 7. The number of piperazine rings is 1. The van der Waals surface area contributed by atoms with Crippen LogP contribution in [0.3, 0.4) is 0 Å². The van der Waals surface area contributed by atoms with Gasteiger partial charge in [-0.2, -0.15) is 0 Å². The number of nitrogens with two attached hydrogens (primary N) is 1. The first kappa shape index (κ1) is 20.4. The molecule has 3 aromatic rings. The van der Waals surface area contributed by atoms with E-state index >= 15 is 0 Å². The Morgan fingerprint density at radius 1 is 1.10 bits per heavy atom. The van der Waals surface area contributed by atoms with E-state index in [4.69, 9.17) is 15.7 Å². The molecule has 0 bridgehead atoms. The Balaban J connectivity index is 1.19. The number of thiophene rings is 1. The predicted octanol–water partition coefficient (Wildman–Crippen LogP) is 2.43. The Kier molecular flexibility index (Phi) is 5.85. The number of carbonyl (C=O) groups excluding carboxylic acids is 1. The topological polar surface area (TPSA) is 78.6 Å². The molecule has 2 fully saturated rings. The van der Waals surface area contributed by atoms with Gasteiger partial charge in [0.2, 0.25) is 11.9 Å². The Hall–Kier alpha value is -2.55.